The van der Waals surface area contributed by atoms with Crippen molar-refractivity contribution in [3.8, 4) is 0 Å². The van der Waals surface area contributed by atoms with Gasteiger partial charge in [0.25, 0.3) is 0 Å². The Morgan fingerprint density at radius 1 is 1.53 bits per heavy atom. The van der Waals surface area contributed by atoms with Crippen molar-refractivity contribution >= 4 is 21.9 Å². The van der Waals surface area contributed by atoms with Crippen molar-refractivity contribution in [3.05, 3.63) is 34.1 Å². The van der Waals surface area contributed by atoms with Crippen molar-refractivity contribution < 1.29 is 18.7 Å². The molecule has 5 heteroatoms. The van der Waals surface area contributed by atoms with Crippen molar-refractivity contribution in [1.29, 1.82) is 0 Å². The molecule has 15 heavy (non-hydrogen) atoms. The summed E-state index contributed by atoms with van der Waals surface area (Å²) >= 11 is 3.12. The number of carboxylic acids is 1. The third-order valence-corrected chi connectivity index (χ3v) is 2.50. The average Bonchev–Trinajstić information content (AvgIpc) is 2.18. The van der Waals surface area contributed by atoms with Gasteiger partial charge in [0, 0.05) is 10.4 Å². The standard InChI is InChI=1S/C10H9BrF2O2/c11-7-1-2-9(13)8(4-7)6(5-12)3-10(14)15/h1-2,4,6H,3,5H2,(H,14,15). The summed E-state index contributed by atoms with van der Waals surface area (Å²) in [5, 5.41) is 8.54. The van der Waals surface area contributed by atoms with E-state index >= 15 is 0 Å². The van der Waals surface area contributed by atoms with Gasteiger partial charge >= 0.3 is 5.97 Å². The molecule has 0 aliphatic rings. The van der Waals surface area contributed by atoms with Crippen LogP contribution >= 0.6 is 15.9 Å². The van der Waals surface area contributed by atoms with E-state index in [1.54, 1.807) is 0 Å². The van der Waals surface area contributed by atoms with E-state index in [2.05, 4.69) is 15.9 Å². The first-order valence-corrected chi connectivity index (χ1v) is 5.06. The maximum atomic E-state index is 13.3. The van der Waals surface area contributed by atoms with Crippen molar-refractivity contribution in [2.24, 2.45) is 0 Å². The number of rotatable bonds is 4. The van der Waals surface area contributed by atoms with Gasteiger partial charge in [-0.15, -0.1) is 0 Å². The molecular formula is C10H9BrF2O2. The fraction of sp³-hybridized carbons (Fsp3) is 0.300. The lowest BCUT2D eigenvalue weighted by Gasteiger charge is -2.12. The summed E-state index contributed by atoms with van der Waals surface area (Å²) in [5.74, 6) is -2.65. The summed E-state index contributed by atoms with van der Waals surface area (Å²) in [5.41, 5.74) is 0.0919. The number of halogens is 3. The third kappa shape index (κ3) is 3.27. The summed E-state index contributed by atoms with van der Waals surface area (Å²) in [4.78, 5) is 10.4. The lowest BCUT2D eigenvalue weighted by molar-refractivity contribution is -0.137. The van der Waals surface area contributed by atoms with Gasteiger partial charge in [-0.05, 0) is 23.8 Å². The van der Waals surface area contributed by atoms with E-state index in [-0.39, 0.29) is 5.56 Å². The van der Waals surface area contributed by atoms with E-state index in [1.165, 1.54) is 18.2 Å². The molecule has 0 spiro atoms. The number of benzene rings is 1. The van der Waals surface area contributed by atoms with Gasteiger partial charge in [0.05, 0.1) is 13.1 Å². The molecule has 0 aliphatic carbocycles. The topological polar surface area (TPSA) is 37.3 Å². The minimum absolute atomic E-state index is 0.0919. The minimum atomic E-state index is -1.14. The van der Waals surface area contributed by atoms with Crippen LogP contribution in [0, 0.1) is 5.82 Å². The fourth-order valence-electron chi connectivity index (χ4n) is 1.29. The van der Waals surface area contributed by atoms with Crippen LogP contribution in [0.1, 0.15) is 17.9 Å². The highest BCUT2D eigenvalue weighted by Crippen LogP contribution is 2.26. The molecule has 1 atom stereocenters. The molecule has 1 unspecified atom stereocenters. The van der Waals surface area contributed by atoms with Crippen LogP contribution in [0.5, 0.6) is 0 Å². The lowest BCUT2D eigenvalue weighted by atomic mass is 9.97. The van der Waals surface area contributed by atoms with Crippen LogP contribution in [-0.4, -0.2) is 17.8 Å². The summed E-state index contributed by atoms with van der Waals surface area (Å²) < 4.78 is 26.4. The SMILES string of the molecule is O=C(O)CC(CF)c1cc(Br)ccc1F. The van der Waals surface area contributed by atoms with Crippen LogP contribution in [0.3, 0.4) is 0 Å². The Bertz CT molecular complexity index is 368. The molecule has 0 fully saturated rings. The number of carbonyl (C=O) groups is 1. The Kier molecular flexibility index (Phi) is 4.20. The van der Waals surface area contributed by atoms with Crippen molar-refractivity contribution in [3.63, 3.8) is 0 Å². The van der Waals surface area contributed by atoms with Crippen LogP contribution < -0.4 is 0 Å². The Morgan fingerprint density at radius 3 is 2.73 bits per heavy atom. The largest absolute Gasteiger partial charge is 0.481 e. The van der Waals surface area contributed by atoms with Crippen LogP contribution in [0.4, 0.5) is 8.78 Å². The lowest BCUT2D eigenvalue weighted by Crippen LogP contribution is -2.10. The molecule has 0 saturated heterocycles. The molecule has 0 bridgehead atoms. The first-order valence-electron chi connectivity index (χ1n) is 4.27. The highest BCUT2D eigenvalue weighted by molar-refractivity contribution is 9.10. The highest BCUT2D eigenvalue weighted by atomic mass is 79.9. The normalized spacial score (nSPS) is 12.5. The average molecular weight is 279 g/mol. The van der Waals surface area contributed by atoms with Crippen molar-refractivity contribution in [1.82, 2.24) is 0 Å². The molecule has 0 radical (unpaired) electrons. The van der Waals surface area contributed by atoms with Gasteiger partial charge in [0.15, 0.2) is 0 Å². The van der Waals surface area contributed by atoms with Crippen LogP contribution in [0.25, 0.3) is 0 Å². The molecule has 1 aromatic rings. The molecule has 0 amide bonds. The number of hydrogen-bond donors (Lipinski definition) is 1. The zero-order valence-corrected chi connectivity index (χ0v) is 9.30. The molecule has 1 N–H and O–H groups in total. The zero-order chi connectivity index (χ0) is 11.4. The van der Waals surface area contributed by atoms with E-state index < -0.39 is 30.8 Å². The number of carboxylic acid groups (broad SMARTS) is 1. The van der Waals surface area contributed by atoms with E-state index in [1.807, 2.05) is 0 Å². The second kappa shape index (κ2) is 5.21. The minimum Gasteiger partial charge on any atom is -0.481 e. The summed E-state index contributed by atoms with van der Waals surface area (Å²) in [7, 11) is 0. The van der Waals surface area contributed by atoms with Crippen LogP contribution in [0.15, 0.2) is 22.7 Å². The Morgan fingerprint density at radius 2 is 2.20 bits per heavy atom. The molecule has 1 aromatic carbocycles. The maximum absolute atomic E-state index is 13.3. The second-order valence-electron chi connectivity index (χ2n) is 3.11. The molecule has 0 heterocycles. The summed E-state index contributed by atoms with van der Waals surface area (Å²) in [6.45, 7) is -0.889. The van der Waals surface area contributed by atoms with E-state index in [0.717, 1.165) is 0 Å². The van der Waals surface area contributed by atoms with Gasteiger partial charge in [-0.2, -0.15) is 0 Å². The molecule has 0 aromatic heterocycles. The van der Waals surface area contributed by atoms with E-state index in [4.69, 9.17) is 5.11 Å². The van der Waals surface area contributed by atoms with Crippen molar-refractivity contribution in [2.45, 2.75) is 12.3 Å². The first-order chi connectivity index (χ1) is 7.04. The van der Waals surface area contributed by atoms with Crippen LogP contribution in [-0.2, 0) is 4.79 Å². The zero-order valence-electron chi connectivity index (χ0n) is 7.71. The third-order valence-electron chi connectivity index (χ3n) is 2.01. The predicted octanol–water partition coefficient (Wildman–Crippen LogP) is 3.12. The predicted molar refractivity (Wildman–Crippen MR) is 55.1 cm³/mol. The number of alkyl halides is 1. The van der Waals surface area contributed by atoms with Gasteiger partial charge in [-0.3, -0.25) is 9.18 Å². The summed E-state index contributed by atoms with van der Waals surface area (Å²) in [6.07, 6.45) is -0.413. The molecule has 82 valence electrons. The smallest absolute Gasteiger partial charge is 0.304 e. The second-order valence-corrected chi connectivity index (χ2v) is 4.03. The molecule has 1 rings (SSSR count). The Labute approximate surface area is 94.0 Å². The van der Waals surface area contributed by atoms with Gasteiger partial charge in [0.2, 0.25) is 0 Å². The van der Waals surface area contributed by atoms with Crippen LogP contribution in [0.2, 0.25) is 0 Å². The molecular weight excluding hydrogens is 270 g/mol. The highest BCUT2D eigenvalue weighted by Gasteiger charge is 2.19. The number of aliphatic carboxylic acids is 1. The quantitative estimate of drug-likeness (QED) is 0.919. The maximum Gasteiger partial charge on any atom is 0.304 e. The van der Waals surface area contributed by atoms with Gasteiger partial charge in [0.1, 0.15) is 5.82 Å². The Balaban J connectivity index is 3.00. The fourth-order valence-corrected chi connectivity index (χ4v) is 1.66. The monoisotopic (exact) mass is 278 g/mol. The number of hydrogen-bond acceptors (Lipinski definition) is 1. The molecule has 0 aliphatic heterocycles. The van der Waals surface area contributed by atoms with E-state index in [0.29, 0.717) is 4.47 Å². The first kappa shape index (κ1) is 12.1. The van der Waals surface area contributed by atoms with Gasteiger partial charge < -0.3 is 5.11 Å². The molecule has 2 nitrogen and oxygen atoms in total. The van der Waals surface area contributed by atoms with E-state index in [9.17, 15) is 13.6 Å². The summed E-state index contributed by atoms with van der Waals surface area (Å²) in [6, 6.07) is 4.07. The molecule has 0 saturated carbocycles. The van der Waals surface area contributed by atoms with Gasteiger partial charge in [-0.1, -0.05) is 15.9 Å². The van der Waals surface area contributed by atoms with Gasteiger partial charge in [-0.25, -0.2) is 4.39 Å². The Hall–Kier alpha value is -0.970. The van der Waals surface area contributed by atoms with Crippen molar-refractivity contribution in [2.75, 3.05) is 6.67 Å².